The molecule has 0 bridgehead atoms. The molecular weight excluding hydrogens is 275 g/mol. The van der Waals surface area contributed by atoms with Crippen LogP contribution in [0.2, 0.25) is 0 Å². The van der Waals surface area contributed by atoms with E-state index in [0.29, 0.717) is 0 Å². The molecule has 0 aliphatic carbocycles. The molecule has 82 valence electrons. The molecule has 0 amide bonds. The van der Waals surface area contributed by atoms with E-state index in [2.05, 4.69) is 0 Å². The zero-order chi connectivity index (χ0) is 11.3. The van der Waals surface area contributed by atoms with Crippen molar-refractivity contribution < 1.29 is 4.21 Å². The molecule has 1 unspecified atom stereocenters. The molecule has 0 N–H and O–H groups in total. The van der Waals surface area contributed by atoms with Gasteiger partial charge in [0.25, 0.3) is 3.12 Å². The summed E-state index contributed by atoms with van der Waals surface area (Å²) < 4.78 is 9.61. The van der Waals surface area contributed by atoms with Crippen LogP contribution in [0.4, 0.5) is 0 Å². The number of hydrogen-bond acceptors (Lipinski definition) is 1. The van der Waals surface area contributed by atoms with Crippen molar-refractivity contribution in [1.29, 1.82) is 0 Å². The molecule has 1 aromatic carbocycles. The van der Waals surface area contributed by atoms with Crippen LogP contribution >= 0.6 is 34.8 Å². The second kappa shape index (κ2) is 5.90. The minimum absolute atomic E-state index is 0.228. The Morgan fingerprint density at radius 3 is 2.33 bits per heavy atom. The number of rotatable bonds is 3. The zero-order valence-corrected chi connectivity index (χ0v) is 10.8. The molecule has 1 nitrogen and oxygen atoms in total. The largest absolute Gasteiger partial charge is 0.266 e. The summed E-state index contributed by atoms with van der Waals surface area (Å²) in [5.41, 5.74) is 1.03. The number of halogens is 3. The summed E-state index contributed by atoms with van der Waals surface area (Å²) >= 11 is 16.4. The van der Waals surface area contributed by atoms with Gasteiger partial charge in [0.2, 0.25) is 0 Å². The van der Waals surface area contributed by atoms with E-state index in [1.165, 1.54) is 0 Å². The lowest BCUT2D eigenvalue weighted by Crippen LogP contribution is -2.13. The molecule has 0 heterocycles. The first-order valence-electron chi connectivity index (χ1n) is 4.17. The highest BCUT2D eigenvalue weighted by molar-refractivity contribution is 7.91. The summed E-state index contributed by atoms with van der Waals surface area (Å²) in [5.74, 6) is 0.228. The normalized spacial score (nSPS) is 14.3. The van der Waals surface area contributed by atoms with Gasteiger partial charge in [-0.1, -0.05) is 77.3 Å². The van der Waals surface area contributed by atoms with Crippen LogP contribution in [0.1, 0.15) is 5.56 Å². The molecule has 0 aliphatic rings. The van der Waals surface area contributed by atoms with Gasteiger partial charge in [-0.25, -0.2) is 0 Å². The molecule has 0 saturated carbocycles. The monoisotopic (exact) mass is 282 g/mol. The lowest BCUT2D eigenvalue weighted by Gasteiger charge is -2.07. The van der Waals surface area contributed by atoms with E-state index in [4.69, 9.17) is 34.8 Å². The summed E-state index contributed by atoms with van der Waals surface area (Å²) in [4.78, 5) is 0. The maximum absolute atomic E-state index is 11.3. The first kappa shape index (κ1) is 13.0. The second-order valence-electron chi connectivity index (χ2n) is 2.77. The van der Waals surface area contributed by atoms with Crippen LogP contribution in [0.25, 0.3) is 6.08 Å². The van der Waals surface area contributed by atoms with Crippen molar-refractivity contribution in [3.8, 4) is 0 Å². The van der Waals surface area contributed by atoms with E-state index < -0.39 is 13.9 Å². The highest BCUT2D eigenvalue weighted by Gasteiger charge is 2.27. The minimum atomic E-state index is -1.71. The third kappa shape index (κ3) is 5.03. The van der Waals surface area contributed by atoms with Crippen molar-refractivity contribution in [2.75, 3.05) is 5.75 Å². The average molecular weight is 284 g/mol. The van der Waals surface area contributed by atoms with Gasteiger partial charge in [-0.2, -0.15) is 0 Å². The SMILES string of the molecule is O=S(CC=Cc1ccccc1)C(Cl)(Cl)Cl. The highest BCUT2D eigenvalue weighted by Crippen LogP contribution is 2.30. The Balaban J connectivity index is 2.51. The standard InChI is InChI=1S/C10H9Cl3OS/c11-10(12,13)15(14)8-4-7-9-5-2-1-3-6-9/h1-7H,8H2. The molecule has 0 aliphatic heterocycles. The third-order valence-electron chi connectivity index (χ3n) is 1.62. The third-order valence-corrected chi connectivity index (χ3v) is 4.18. The van der Waals surface area contributed by atoms with Crippen LogP contribution in [0.5, 0.6) is 0 Å². The van der Waals surface area contributed by atoms with Crippen molar-refractivity contribution in [1.82, 2.24) is 0 Å². The summed E-state index contributed by atoms with van der Waals surface area (Å²) in [5, 5.41) is 0. The molecular formula is C10H9Cl3OS. The summed E-state index contributed by atoms with van der Waals surface area (Å²) in [6, 6.07) is 9.65. The van der Waals surface area contributed by atoms with Crippen LogP contribution < -0.4 is 0 Å². The van der Waals surface area contributed by atoms with Gasteiger partial charge >= 0.3 is 0 Å². The van der Waals surface area contributed by atoms with E-state index in [0.717, 1.165) is 5.56 Å². The fourth-order valence-electron chi connectivity index (χ4n) is 0.930. The topological polar surface area (TPSA) is 17.1 Å². The van der Waals surface area contributed by atoms with E-state index in [1.54, 1.807) is 6.08 Å². The highest BCUT2D eigenvalue weighted by atomic mass is 35.6. The van der Waals surface area contributed by atoms with E-state index in [9.17, 15) is 4.21 Å². The van der Waals surface area contributed by atoms with Crippen LogP contribution in [0, 0.1) is 0 Å². The Kier molecular flexibility index (Phi) is 5.13. The first-order chi connectivity index (χ1) is 7.00. The maximum atomic E-state index is 11.3. The molecule has 0 spiro atoms. The van der Waals surface area contributed by atoms with E-state index in [1.807, 2.05) is 36.4 Å². The van der Waals surface area contributed by atoms with Gasteiger partial charge in [0, 0.05) is 5.75 Å². The minimum Gasteiger partial charge on any atom is -0.255 e. The van der Waals surface area contributed by atoms with Gasteiger partial charge in [-0.3, -0.25) is 4.21 Å². The van der Waals surface area contributed by atoms with Crippen molar-refractivity contribution in [3.63, 3.8) is 0 Å². The van der Waals surface area contributed by atoms with Crippen LogP contribution in [0.15, 0.2) is 36.4 Å². The van der Waals surface area contributed by atoms with Crippen molar-refractivity contribution >= 4 is 51.7 Å². The molecule has 15 heavy (non-hydrogen) atoms. The van der Waals surface area contributed by atoms with Crippen LogP contribution in [0.3, 0.4) is 0 Å². The first-order valence-corrected chi connectivity index (χ1v) is 6.62. The zero-order valence-electron chi connectivity index (χ0n) is 7.70. The summed E-state index contributed by atoms with van der Waals surface area (Å²) in [7, 11) is -1.50. The van der Waals surface area contributed by atoms with Crippen LogP contribution in [-0.4, -0.2) is 13.1 Å². The lowest BCUT2D eigenvalue weighted by atomic mass is 10.2. The maximum Gasteiger partial charge on any atom is 0.266 e. The molecule has 1 atom stereocenters. The van der Waals surface area contributed by atoms with Gasteiger partial charge in [-0.05, 0) is 5.56 Å². The van der Waals surface area contributed by atoms with Crippen molar-refractivity contribution in [3.05, 3.63) is 42.0 Å². The van der Waals surface area contributed by atoms with Crippen molar-refractivity contribution in [2.24, 2.45) is 0 Å². The Hall–Kier alpha value is -0.0200. The van der Waals surface area contributed by atoms with Gasteiger partial charge < -0.3 is 0 Å². The van der Waals surface area contributed by atoms with E-state index >= 15 is 0 Å². The molecule has 1 aromatic rings. The fraction of sp³-hybridized carbons (Fsp3) is 0.200. The summed E-state index contributed by atoms with van der Waals surface area (Å²) in [6.07, 6.45) is 3.57. The number of hydrogen-bond donors (Lipinski definition) is 0. The average Bonchev–Trinajstić information content (AvgIpc) is 2.18. The Bertz CT molecular complexity index is 357. The summed E-state index contributed by atoms with van der Waals surface area (Å²) in [6.45, 7) is 0. The molecule has 0 radical (unpaired) electrons. The Morgan fingerprint density at radius 2 is 1.80 bits per heavy atom. The molecule has 0 fully saturated rings. The van der Waals surface area contributed by atoms with Gasteiger partial charge in [-0.15, -0.1) is 0 Å². The lowest BCUT2D eigenvalue weighted by molar-refractivity contribution is 0.685. The van der Waals surface area contributed by atoms with Gasteiger partial charge in [0.1, 0.15) is 0 Å². The van der Waals surface area contributed by atoms with Gasteiger partial charge in [0.05, 0.1) is 10.8 Å². The Labute approximate surface area is 106 Å². The predicted molar refractivity (Wildman–Crippen MR) is 68.8 cm³/mol. The fourth-order valence-corrected chi connectivity index (χ4v) is 1.96. The smallest absolute Gasteiger partial charge is 0.255 e. The quantitative estimate of drug-likeness (QED) is 0.772. The predicted octanol–water partition coefficient (Wildman–Crippen LogP) is 3.78. The van der Waals surface area contributed by atoms with Crippen LogP contribution in [-0.2, 0) is 10.8 Å². The van der Waals surface area contributed by atoms with Gasteiger partial charge in [0.15, 0.2) is 0 Å². The van der Waals surface area contributed by atoms with Crippen molar-refractivity contribution in [2.45, 2.75) is 3.12 Å². The Morgan fingerprint density at radius 1 is 1.20 bits per heavy atom. The van der Waals surface area contributed by atoms with E-state index in [-0.39, 0.29) is 5.75 Å². The second-order valence-corrected chi connectivity index (χ2v) is 7.36. The number of alkyl halides is 3. The molecule has 5 heteroatoms. The number of benzene rings is 1. The molecule has 0 aromatic heterocycles. The molecule has 0 saturated heterocycles. The molecule has 1 rings (SSSR count).